The second-order valence-corrected chi connectivity index (χ2v) is 12.4. The normalized spacial score (nSPS) is 14.5. The molecule has 7 nitrogen and oxygen atoms in total. The number of hydrogen-bond donors (Lipinski definition) is 1. The van der Waals surface area contributed by atoms with E-state index in [1.165, 1.54) is 35.2 Å². The molecule has 4 rings (SSSR count). The van der Waals surface area contributed by atoms with Crippen molar-refractivity contribution in [2.24, 2.45) is 0 Å². The lowest BCUT2D eigenvalue weighted by Crippen LogP contribution is -2.52. The highest BCUT2D eigenvalue weighted by molar-refractivity contribution is 7.92. The Balaban J connectivity index is 1.69. The van der Waals surface area contributed by atoms with Crippen LogP contribution in [0.1, 0.15) is 43.7 Å². The van der Waals surface area contributed by atoms with E-state index in [1.54, 1.807) is 43.3 Å². The van der Waals surface area contributed by atoms with E-state index in [-0.39, 0.29) is 29.1 Å². The first-order chi connectivity index (χ1) is 19.1. The van der Waals surface area contributed by atoms with Gasteiger partial charge in [-0.2, -0.15) is 0 Å². The number of hydrogen-bond acceptors (Lipinski definition) is 4. The minimum atomic E-state index is -4.34. The zero-order valence-electron chi connectivity index (χ0n) is 22.5. The van der Waals surface area contributed by atoms with Crippen LogP contribution in [-0.2, 0) is 26.2 Å². The van der Waals surface area contributed by atoms with Crippen molar-refractivity contribution in [3.05, 3.63) is 94.8 Å². The summed E-state index contributed by atoms with van der Waals surface area (Å²) in [5.41, 5.74) is 1.25. The molecule has 0 spiro atoms. The third kappa shape index (κ3) is 7.01. The highest BCUT2D eigenvalue weighted by Crippen LogP contribution is 2.27. The zero-order valence-corrected chi connectivity index (χ0v) is 24.1. The summed E-state index contributed by atoms with van der Waals surface area (Å²) in [6.07, 6.45) is 3.80. The van der Waals surface area contributed by atoms with Crippen molar-refractivity contribution < 1.29 is 22.4 Å². The number of nitrogens with zero attached hydrogens (tertiary/aromatic N) is 2. The van der Waals surface area contributed by atoms with Crippen molar-refractivity contribution in [1.29, 1.82) is 0 Å². The second kappa shape index (κ2) is 12.8. The number of benzene rings is 3. The van der Waals surface area contributed by atoms with E-state index >= 15 is 0 Å². The van der Waals surface area contributed by atoms with Gasteiger partial charge in [-0.3, -0.25) is 13.9 Å². The van der Waals surface area contributed by atoms with Crippen LogP contribution in [0.25, 0.3) is 0 Å². The van der Waals surface area contributed by atoms with E-state index in [2.05, 4.69) is 5.32 Å². The lowest BCUT2D eigenvalue weighted by Gasteiger charge is -2.32. The van der Waals surface area contributed by atoms with Gasteiger partial charge in [-0.25, -0.2) is 12.8 Å². The predicted octanol–water partition coefficient (Wildman–Crippen LogP) is 5.46. The molecular formula is C30H33ClFN3O4S. The molecule has 0 saturated heterocycles. The molecule has 3 aromatic rings. The number of para-hydroxylation sites is 1. The first kappa shape index (κ1) is 29.6. The molecule has 0 radical (unpaired) electrons. The van der Waals surface area contributed by atoms with Gasteiger partial charge in [-0.1, -0.05) is 66.4 Å². The lowest BCUT2D eigenvalue weighted by atomic mass is 10.1. The van der Waals surface area contributed by atoms with Crippen LogP contribution in [0.5, 0.6) is 0 Å². The molecule has 1 saturated carbocycles. The zero-order chi connectivity index (χ0) is 28.9. The molecule has 0 bridgehead atoms. The standard InChI is InChI=1S/C30H33ClFN3O4S/c1-21-14-16-26(17-15-21)40(38,39)35(28-13-6-5-12-27(28)32)20-29(36)34(19-23-8-7-9-24(31)18-23)22(2)30(37)33-25-10-3-4-11-25/h5-9,12-18,22,25H,3-4,10-11,19-20H2,1-2H3,(H,33,37). The molecule has 0 aliphatic heterocycles. The SMILES string of the molecule is Cc1ccc(S(=O)(=O)N(CC(=O)N(Cc2cccc(Cl)c2)C(C)C(=O)NC2CCCC2)c2ccccc2F)cc1. The predicted molar refractivity (Wildman–Crippen MR) is 154 cm³/mol. The van der Waals surface area contributed by atoms with Gasteiger partial charge in [0.15, 0.2) is 0 Å². The summed E-state index contributed by atoms with van der Waals surface area (Å²) in [5.74, 6) is -1.78. The highest BCUT2D eigenvalue weighted by atomic mass is 35.5. The van der Waals surface area contributed by atoms with Crippen LogP contribution in [0, 0.1) is 12.7 Å². The summed E-state index contributed by atoms with van der Waals surface area (Å²) in [5, 5.41) is 3.48. The van der Waals surface area contributed by atoms with Gasteiger partial charge in [-0.15, -0.1) is 0 Å². The van der Waals surface area contributed by atoms with Crippen molar-refractivity contribution in [3.8, 4) is 0 Å². The summed E-state index contributed by atoms with van der Waals surface area (Å²) in [7, 11) is -4.34. The van der Waals surface area contributed by atoms with E-state index in [9.17, 15) is 22.4 Å². The third-order valence-corrected chi connectivity index (χ3v) is 9.13. The van der Waals surface area contributed by atoms with Gasteiger partial charge in [0.1, 0.15) is 18.4 Å². The molecule has 212 valence electrons. The Morgan fingerprint density at radius 3 is 2.35 bits per heavy atom. The van der Waals surface area contributed by atoms with Gasteiger partial charge in [-0.05, 0) is 68.7 Å². The fraction of sp³-hybridized carbons (Fsp3) is 0.333. The van der Waals surface area contributed by atoms with Gasteiger partial charge in [0.2, 0.25) is 11.8 Å². The third-order valence-electron chi connectivity index (χ3n) is 7.12. The lowest BCUT2D eigenvalue weighted by molar-refractivity contribution is -0.139. The summed E-state index contributed by atoms with van der Waals surface area (Å²) in [6, 6.07) is 17.5. The van der Waals surface area contributed by atoms with E-state index in [1.807, 2.05) is 6.92 Å². The summed E-state index contributed by atoms with van der Waals surface area (Å²) in [6.45, 7) is 2.72. The molecule has 10 heteroatoms. The number of halogens is 2. The molecule has 0 heterocycles. The Hall–Kier alpha value is -3.43. The van der Waals surface area contributed by atoms with E-state index in [0.29, 0.717) is 10.6 Å². The number of sulfonamides is 1. The minimum absolute atomic E-state index is 0.00827. The Kier molecular flexibility index (Phi) is 9.48. The maximum absolute atomic E-state index is 15.0. The number of rotatable bonds is 10. The van der Waals surface area contributed by atoms with Gasteiger partial charge >= 0.3 is 0 Å². The fourth-order valence-corrected chi connectivity index (χ4v) is 6.45. The molecule has 40 heavy (non-hydrogen) atoms. The Morgan fingerprint density at radius 2 is 1.70 bits per heavy atom. The Labute approximate surface area is 240 Å². The summed E-state index contributed by atoms with van der Waals surface area (Å²) >= 11 is 6.17. The maximum atomic E-state index is 15.0. The molecule has 1 aliphatic carbocycles. The van der Waals surface area contributed by atoms with E-state index in [4.69, 9.17) is 11.6 Å². The number of amides is 2. The van der Waals surface area contributed by atoms with Crippen molar-refractivity contribution in [1.82, 2.24) is 10.2 Å². The van der Waals surface area contributed by atoms with E-state index in [0.717, 1.165) is 41.6 Å². The molecule has 1 fully saturated rings. The molecule has 1 unspecified atom stereocenters. The van der Waals surface area contributed by atoms with Crippen LogP contribution in [0.3, 0.4) is 0 Å². The first-order valence-electron chi connectivity index (χ1n) is 13.2. The number of anilines is 1. The van der Waals surface area contributed by atoms with Crippen molar-refractivity contribution in [2.45, 2.75) is 63.1 Å². The van der Waals surface area contributed by atoms with Gasteiger partial charge in [0.05, 0.1) is 10.6 Å². The van der Waals surface area contributed by atoms with Crippen LogP contribution in [0.2, 0.25) is 5.02 Å². The fourth-order valence-electron chi connectivity index (χ4n) is 4.81. The quantitative estimate of drug-likeness (QED) is 0.342. The van der Waals surface area contributed by atoms with Crippen molar-refractivity contribution in [3.63, 3.8) is 0 Å². The first-order valence-corrected chi connectivity index (χ1v) is 15.1. The molecular weight excluding hydrogens is 553 g/mol. The topological polar surface area (TPSA) is 86.8 Å². The van der Waals surface area contributed by atoms with E-state index < -0.39 is 34.3 Å². The van der Waals surface area contributed by atoms with Crippen molar-refractivity contribution in [2.75, 3.05) is 10.8 Å². The number of carbonyl (C=O) groups is 2. The van der Waals surface area contributed by atoms with Crippen LogP contribution < -0.4 is 9.62 Å². The maximum Gasteiger partial charge on any atom is 0.264 e. The summed E-state index contributed by atoms with van der Waals surface area (Å²) < 4.78 is 43.3. The average Bonchev–Trinajstić information content (AvgIpc) is 3.43. The summed E-state index contributed by atoms with van der Waals surface area (Å²) in [4.78, 5) is 28.4. The van der Waals surface area contributed by atoms with Crippen LogP contribution in [0.4, 0.5) is 10.1 Å². The largest absolute Gasteiger partial charge is 0.352 e. The molecule has 1 aliphatic rings. The monoisotopic (exact) mass is 585 g/mol. The second-order valence-electron chi connectivity index (χ2n) is 10.1. The smallest absolute Gasteiger partial charge is 0.264 e. The molecule has 1 N–H and O–H groups in total. The molecule has 3 aromatic carbocycles. The Morgan fingerprint density at radius 1 is 1.02 bits per heavy atom. The molecule has 0 aromatic heterocycles. The minimum Gasteiger partial charge on any atom is -0.352 e. The molecule has 1 atom stereocenters. The van der Waals surface area contributed by atoms with Gasteiger partial charge in [0.25, 0.3) is 10.0 Å². The van der Waals surface area contributed by atoms with Crippen LogP contribution >= 0.6 is 11.6 Å². The van der Waals surface area contributed by atoms with Crippen LogP contribution in [-0.4, -0.2) is 43.8 Å². The highest BCUT2D eigenvalue weighted by Gasteiger charge is 2.34. The van der Waals surface area contributed by atoms with Crippen LogP contribution in [0.15, 0.2) is 77.7 Å². The van der Waals surface area contributed by atoms with Gasteiger partial charge < -0.3 is 10.2 Å². The number of aryl methyl sites for hydroxylation is 1. The number of carbonyl (C=O) groups excluding carboxylic acids is 2. The van der Waals surface area contributed by atoms with Gasteiger partial charge in [0, 0.05) is 17.6 Å². The molecule has 2 amide bonds. The Bertz CT molecular complexity index is 1460. The number of nitrogens with one attached hydrogen (secondary N) is 1. The van der Waals surface area contributed by atoms with Crippen molar-refractivity contribution >= 4 is 39.1 Å². The average molecular weight is 586 g/mol.